The fraction of sp³-hybridized carbons (Fsp3) is 0.333. The van der Waals surface area contributed by atoms with Crippen LogP contribution < -0.4 is 10.6 Å². The number of aryl methyl sites for hydroxylation is 1. The van der Waals surface area contributed by atoms with Crippen LogP contribution in [-0.4, -0.2) is 36.9 Å². The Morgan fingerprint density at radius 3 is 2.62 bits per heavy atom. The quantitative estimate of drug-likeness (QED) is 0.815. The minimum atomic E-state index is -0.245. The Morgan fingerprint density at radius 1 is 1.12 bits per heavy atom. The van der Waals surface area contributed by atoms with E-state index < -0.39 is 0 Å². The molecule has 128 valence electrons. The zero-order valence-electron chi connectivity index (χ0n) is 14.3. The highest BCUT2D eigenvalue weighted by molar-refractivity contribution is 5.95. The third kappa shape index (κ3) is 5.24. The standard InChI is InChI=1S/C18H23N3O3/c1-13-6-4-8-16(14(13)2)20-17(22)10-19-18(23)12-21(3)11-15-7-5-9-24-15/h4-9H,10-12H2,1-3H3,(H,19,23)(H,20,22). The zero-order chi connectivity index (χ0) is 17.5. The smallest absolute Gasteiger partial charge is 0.243 e. The Balaban J connectivity index is 1.74. The molecule has 1 aromatic heterocycles. The van der Waals surface area contributed by atoms with Gasteiger partial charge in [-0.05, 0) is 50.2 Å². The molecule has 1 heterocycles. The van der Waals surface area contributed by atoms with E-state index in [-0.39, 0.29) is 24.9 Å². The first-order valence-corrected chi connectivity index (χ1v) is 7.79. The lowest BCUT2D eigenvalue weighted by Gasteiger charge is -2.15. The lowest BCUT2D eigenvalue weighted by Crippen LogP contribution is -2.39. The van der Waals surface area contributed by atoms with Gasteiger partial charge in [-0.15, -0.1) is 0 Å². The number of rotatable bonds is 7. The van der Waals surface area contributed by atoms with Gasteiger partial charge in [0.2, 0.25) is 11.8 Å². The van der Waals surface area contributed by atoms with Gasteiger partial charge in [-0.2, -0.15) is 0 Å². The number of benzene rings is 1. The van der Waals surface area contributed by atoms with Crippen LogP contribution in [0.25, 0.3) is 0 Å². The first kappa shape index (κ1) is 17.7. The molecule has 0 unspecified atom stereocenters. The normalized spacial score (nSPS) is 10.7. The predicted molar refractivity (Wildman–Crippen MR) is 92.6 cm³/mol. The van der Waals surface area contributed by atoms with E-state index in [0.29, 0.717) is 6.54 Å². The van der Waals surface area contributed by atoms with Gasteiger partial charge in [-0.25, -0.2) is 0 Å². The SMILES string of the molecule is Cc1cccc(NC(=O)CNC(=O)CN(C)Cc2ccco2)c1C. The van der Waals surface area contributed by atoms with Crippen molar-refractivity contribution in [3.63, 3.8) is 0 Å². The van der Waals surface area contributed by atoms with Crippen LogP contribution in [0.4, 0.5) is 5.69 Å². The highest BCUT2D eigenvalue weighted by atomic mass is 16.3. The summed E-state index contributed by atoms with van der Waals surface area (Å²) in [4.78, 5) is 25.7. The van der Waals surface area contributed by atoms with Crippen molar-refractivity contribution in [2.24, 2.45) is 0 Å². The minimum absolute atomic E-state index is 0.0548. The predicted octanol–water partition coefficient (Wildman–Crippen LogP) is 2.08. The van der Waals surface area contributed by atoms with Gasteiger partial charge in [-0.1, -0.05) is 12.1 Å². The van der Waals surface area contributed by atoms with E-state index in [0.717, 1.165) is 22.6 Å². The molecule has 0 fully saturated rings. The Morgan fingerprint density at radius 2 is 1.92 bits per heavy atom. The van der Waals surface area contributed by atoms with Crippen molar-refractivity contribution in [3.8, 4) is 0 Å². The maximum Gasteiger partial charge on any atom is 0.243 e. The number of hydrogen-bond acceptors (Lipinski definition) is 4. The Hall–Kier alpha value is -2.60. The summed E-state index contributed by atoms with van der Waals surface area (Å²) in [7, 11) is 1.82. The molecule has 0 atom stereocenters. The highest BCUT2D eigenvalue weighted by Crippen LogP contribution is 2.17. The third-order valence-electron chi connectivity index (χ3n) is 3.74. The van der Waals surface area contributed by atoms with Crippen molar-refractivity contribution in [2.75, 3.05) is 25.5 Å². The van der Waals surface area contributed by atoms with Crippen LogP contribution in [-0.2, 0) is 16.1 Å². The van der Waals surface area contributed by atoms with Crippen LogP contribution in [0.3, 0.4) is 0 Å². The van der Waals surface area contributed by atoms with Gasteiger partial charge in [0.25, 0.3) is 0 Å². The number of amides is 2. The molecule has 0 saturated heterocycles. The van der Waals surface area contributed by atoms with Crippen molar-refractivity contribution >= 4 is 17.5 Å². The number of furan rings is 1. The first-order valence-electron chi connectivity index (χ1n) is 7.79. The Kier molecular flexibility index (Phi) is 6.14. The van der Waals surface area contributed by atoms with E-state index in [2.05, 4.69) is 10.6 Å². The maximum absolute atomic E-state index is 12.0. The summed E-state index contributed by atoms with van der Waals surface area (Å²) in [6.45, 7) is 4.61. The second-order valence-corrected chi connectivity index (χ2v) is 5.82. The monoisotopic (exact) mass is 329 g/mol. The van der Waals surface area contributed by atoms with E-state index in [9.17, 15) is 9.59 Å². The molecule has 2 rings (SSSR count). The van der Waals surface area contributed by atoms with E-state index in [1.54, 1.807) is 12.3 Å². The van der Waals surface area contributed by atoms with Crippen LogP contribution in [0.5, 0.6) is 0 Å². The van der Waals surface area contributed by atoms with Crippen molar-refractivity contribution in [1.29, 1.82) is 0 Å². The fourth-order valence-electron chi connectivity index (χ4n) is 2.29. The lowest BCUT2D eigenvalue weighted by molar-refractivity contribution is -0.124. The summed E-state index contributed by atoms with van der Waals surface area (Å²) in [6, 6.07) is 9.38. The van der Waals surface area contributed by atoms with Crippen molar-refractivity contribution in [1.82, 2.24) is 10.2 Å². The summed E-state index contributed by atoms with van der Waals surface area (Å²) in [5, 5.41) is 5.44. The molecule has 6 heteroatoms. The molecule has 0 aliphatic carbocycles. The molecule has 6 nitrogen and oxygen atoms in total. The van der Waals surface area contributed by atoms with Gasteiger partial charge < -0.3 is 15.1 Å². The first-order chi connectivity index (χ1) is 11.5. The van der Waals surface area contributed by atoms with Crippen LogP contribution in [0.2, 0.25) is 0 Å². The molecule has 0 aliphatic heterocycles. The molecular weight excluding hydrogens is 306 g/mol. The zero-order valence-corrected chi connectivity index (χ0v) is 14.3. The van der Waals surface area contributed by atoms with E-state index in [1.807, 2.05) is 50.1 Å². The largest absolute Gasteiger partial charge is 0.468 e. The molecule has 2 aromatic rings. The average molecular weight is 329 g/mol. The summed E-state index contributed by atoms with van der Waals surface area (Å²) >= 11 is 0. The molecular formula is C18H23N3O3. The number of anilines is 1. The molecule has 0 saturated carbocycles. The van der Waals surface area contributed by atoms with Crippen LogP contribution in [0.15, 0.2) is 41.0 Å². The molecule has 1 aromatic carbocycles. The molecule has 0 spiro atoms. The average Bonchev–Trinajstić information content (AvgIpc) is 3.02. The number of likely N-dealkylation sites (N-methyl/N-ethyl adjacent to an activating group) is 1. The number of nitrogens with one attached hydrogen (secondary N) is 2. The van der Waals surface area contributed by atoms with Gasteiger partial charge in [0.1, 0.15) is 5.76 Å². The van der Waals surface area contributed by atoms with Gasteiger partial charge in [-0.3, -0.25) is 14.5 Å². The van der Waals surface area contributed by atoms with Crippen LogP contribution in [0.1, 0.15) is 16.9 Å². The molecule has 0 bridgehead atoms. The van der Waals surface area contributed by atoms with Gasteiger partial charge in [0.05, 0.1) is 25.9 Å². The fourth-order valence-corrected chi connectivity index (χ4v) is 2.29. The van der Waals surface area contributed by atoms with Crippen molar-refractivity contribution in [2.45, 2.75) is 20.4 Å². The van der Waals surface area contributed by atoms with E-state index >= 15 is 0 Å². The second-order valence-electron chi connectivity index (χ2n) is 5.82. The molecule has 2 N–H and O–H groups in total. The molecule has 24 heavy (non-hydrogen) atoms. The number of nitrogens with zero attached hydrogens (tertiary/aromatic N) is 1. The van der Waals surface area contributed by atoms with E-state index in [4.69, 9.17) is 4.42 Å². The summed E-state index contributed by atoms with van der Waals surface area (Å²) in [6.07, 6.45) is 1.60. The molecule has 2 amide bonds. The molecule has 0 radical (unpaired) electrons. The Bertz CT molecular complexity index is 696. The maximum atomic E-state index is 12.0. The third-order valence-corrected chi connectivity index (χ3v) is 3.74. The Labute approximate surface area is 141 Å². The molecule has 0 aliphatic rings. The lowest BCUT2D eigenvalue weighted by atomic mass is 10.1. The van der Waals surface area contributed by atoms with Crippen LogP contribution in [0, 0.1) is 13.8 Å². The number of carbonyl (C=O) groups excluding carboxylic acids is 2. The minimum Gasteiger partial charge on any atom is -0.468 e. The summed E-state index contributed by atoms with van der Waals surface area (Å²) < 4.78 is 5.23. The van der Waals surface area contributed by atoms with Gasteiger partial charge in [0.15, 0.2) is 0 Å². The van der Waals surface area contributed by atoms with Crippen molar-refractivity contribution in [3.05, 3.63) is 53.5 Å². The number of carbonyl (C=O) groups is 2. The van der Waals surface area contributed by atoms with Gasteiger partial charge >= 0.3 is 0 Å². The van der Waals surface area contributed by atoms with Crippen molar-refractivity contribution < 1.29 is 14.0 Å². The second kappa shape index (κ2) is 8.31. The number of hydrogen-bond donors (Lipinski definition) is 2. The van der Waals surface area contributed by atoms with Crippen LogP contribution >= 0.6 is 0 Å². The summed E-state index contributed by atoms with van der Waals surface area (Å²) in [5.74, 6) is 0.337. The van der Waals surface area contributed by atoms with E-state index in [1.165, 1.54) is 0 Å². The summed E-state index contributed by atoms with van der Waals surface area (Å²) in [5.41, 5.74) is 2.90. The topological polar surface area (TPSA) is 74.6 Å². The van der Waals surface area contributed by atoms with Gasteiger partial charge in [0, 0.05) is 5.69 Å². The highest BCUT2D eigenvalue weighted by Gasteiger charge is 2.11.